The Morgan fingerprint density at radius 3 is 2.50 bits per heavy atom. The molecule has 1 unspecified atom stereocenters. The summed E-state index contributed by atoms with van der Waals surface area (Å²) in [6, 6.07) is 13.4. The molecule has 40 heavy (non-hydrogen) atoms. The van der Waals surface area contributed by atoms with Crippen molar-refractivity contribution in [1.29, 1.82) is 0 Å². The molecule has 3 heterocycles. The SMILES string of the molecule is CC(C)c1noc([C@H](C(=O)N2C[C@H](O)C[C@H]2C2=NOC(C)(c3ccc(-c4ccccc4F)cc3)N2)C(C)C)c1Cl. The van der Waals surface area contributed by atoms with E-state index in [-0.39, 0.29) is 30.1 Å². The smallest absolute Gasteiger partial charge is 0.234 e. The minimum Gasteiger partial charge on any atom is -0.391 e. The molecule has 0 radical (unpaired) electrons. The lowest BCUT2D eigenvalue weighted by Gasteiger charge is -2.30. The van der Waals surface area contributed by atoms with Gasteiger partial charge in [-0.05, 0) is 17.5 Å². The van der Waals surface area contributed by atoms with Crippen LogP contribution >= 0.6 is 11.6 Å². The number of carbonyl (C=O) groups is 1. The highest BCUT2D eigenvalue weighted by Gasteiger charge is 2.47. The molecule has 3 aromatic rings. The van der Waals surface area contributed by atoms with Gasteiger partial charge in [-0.1, -0.05) is 92.1 Å². The Balaban J connectivity index is 1.36. The molecule has 1 saturated heterocycles. The summed E-state index contributed by atoms with van der Waals surface area (Å²) in [6.07, 6.45) is -0.426. The third kappa shape index (κ3) is 5.08. The number of hydrogen-bond donors (Lipinski definition) is 2. The number of aliphatic hydroxyl groups excluding tert-OH is 1. The Hall–Kier alpha value is -3.43. The molecule has 8 nitrogen and oxygen atoms in total. The van der Waals surface area contributed by atoms with Crippen LogP contribution in [0.25, 0.3) is 11.1 Å². The van der Waals surface area contributed by atoms with E-state index in [1.165, 1.54) is 6.07 Å². The molecule has 1 aromatic heterocycles. The highest BCUT2D eigenvalue weighted by Crippen LogP contribution is 2.39. The number of amides is 1. The molecule has 2 aromatic carbocycles. The zero-order valence-electron chi connectivity index (χ0n) is 23.2. The maximum atomic E-state index is 14.3. The molecule has 1 fully saturated rings. The Morgan fingerprint density at radius 1 is 1.18 bits per heavy atom. The number of hydrogen-bond acceptors (Lipinski definition) is 7. The summed E-state index contributed by atoms with van der Waals surface area (Å²) < 4.78 is 19.9. The molecule has 2 N–H and O–H groups in total. The number of oxime groups is 1. The number of β-amino-alcohol motifs (C(OH)–C–C–N with tert-alkyl or cyclic N) is 1. The number of halogens is 2. The summed E-state index contributed by atoms with van der Waals surface area (Å²) in [5.41, 5.74) is 1.63. The minimum absolute atomic E-state index is 0.0434. The number of benzene rings is 2. The van der Waals surface area contributed by atoms with E-state index in [2.05, 4.69) is 15.6 Å². The first kappa shape index (κ1) is 28.1. The van der Waals surface area contributed by atoms with Crippen LogP contribution in [0, 0.1) is 11.7 Å². The average molecular weight is 569 g/mol. The molecular formula is C30H34ClFN4O4. The molecule has 10 heteroatoms. The quantitative estimate of drug-likeness (QED) is 0.375. The Labute approximate surface area is 238 Å². The van der Waals surface area contributed by atoms with Crippen molar-refractivity contribution in [1.82, 2.24) is 15.4 Å². The molecule has 1 amide bonds. The second kappa shape index (κ2) is 10.9. The van der Waals surface area contributed by atoms with Gasteiger partial charge >= 0.3 is 0 Å². The number of nitrogens with zero attached hydrogens (tertiary/aromatic N) is 3. The van der Waals surface area contributed by atoms with Crippen LogP contribution in [-0.4, -0.2) is 45.6 Å². The van der Waals surface area contributed by atoms with Crippen LogP contribution < -0.4 is 5.32 Å². The second-order valence-electron chi connectivity index (χ2n) is 11.3. The van der Waals surface area contributed by atoms with Gasteiger partial charge in [0.2, 0.25) is 11.6 Å². The van der Waals surface area contributed by atoms with Crippen LogP contribution in [0.15, 0.2) is 58.2 Å². The second-order valence-corrected chi connectivity index (χ2v) is 11.7. The lowest BCUT2D eigenvalue weighted by molar-refractivity contribution is -0.134. The van der Waals surface area contributed by atoms with Gasteiger partial charge in [-0.15, -0.1) is 0 Å². The van der Waals surface area contributed by atoms with E-state index >= 15 is 0 Å². The van der Waals surface area contributed by atoms with E-state index in [4.69, 9.17) is 21.0 Å². The molecule has 0 bridgehead atoms. The zero-order valence-corrected chi connectivity index (χ0v) is 23.9. The van der Waals surface area contributed by atoms with Crippen LogP contribution in [0.4, 0.5) is 4.39 Å². The van der Waals surface area contributed by atoms with Crippen LogP contribution in [0.3, 0.4) is 0 Å². The predicted octanol–water partition coefficient (Wildman–Crippen LogP) is 5.77. The molecular weight excluding hydrogens is 535 g/mol. The number of aliphatic hydroxyl groups is 1. The Bertz CT molecular complexity index is 1420. The van der Waals surface area contributed by atoms with Gasteiger partial charge in [-0.3, -0.25) is 4.79 Å². The van der Waals surface area contributed by atoms with Crippen LogP contribution in [0.1, 0.15) is 69.9 Å². The first-order chi connectivity index (χ1) is 19.0. The first-order valence-corrected chi connectivity index (χ1v) is 13.9. The van der Waals surface area contributed by atoms with Crippen molar-refractivity contribution in [2.24, 2.45) is 11.1 Å². The number of likely N-dealkylation sites (tertiary alicyclic amines) is 1. The predicted molar refractivity (Wildman–Crippen MR) is 150 cm³/mol. The van der Waals surface area contributed by atoms with E-state index < -0.39 is 23.8 Å². The molecule has 2 aliphatic rings. The summed E-state index contributed by atoms with van der Waals surface area (Å²) >= 11 is 6.61. The van der Waals surface area contributed by atoms with E-state index in [1.807, 2.05) is 58.9 Å². The molecule has 0 saturated carbocycles. The largest absolute Gasteiger partial charge is 0.391 e. The van der Waals surface area contributed by atoms with Crippen LogP contribution in [-0.2, 0) is 15.4 Å². The fourth-order valence-electron chi connectivity index (χ4n) is 5.41. The average Bonchev–Trinajstić information content (AvgIpc) is 3.61. The van der Waals surface area contributed by atoms with Crippen molar-refractivity contribution in [2.75, 3.05) is 6.54 Å². The van der Waals surface area contributed by atoms with Gasteiger partial charge in [-0.25, -0.2) is 4.39 Å². The maximum absolute atomic E-state index is 14.3. The van der Waals surface area contributed by atoms with Gasteiger partial charge in [0.25, 0.3) is 0 Å². The van der Waals surface area contributed by atoms with Gasteiger partial charge in [-0.2, -0.15) is 0 Å². The van der Waals surface area contributed by atoms with E-state index in [9.17, 15) is 14.3 Å². The minimum atomic E-state index is -1.01. The van der Waals surface area contributed by atoms with E-state index in [0.717, 1.165) is 11.1 Å². The summed E-state index contributed by atoms with van der Waals surface area (Å²) in [5, 5.41) is 22.7. The molecule has 212 valence electrons. The highest BCUT2D eigenvalue weighted by molar-refractivity contribution is 6.32. The van der Waals surface area contributed by atoms with Crippen molar-refractivity contribution in [3.8, 4) is 11.1 Å². The Morgan fingerprint density at radius 2 is 1.88 bits per heavy atom. The lowest BCUT2D eigenvalue weighted by Crippen LogP contribution is -2.50. The highest BCUT2D eigenvalue weighted by atomic mass is 35.5. The van der Waals surface area contributed by atoms with Gasteiger partial charge in [0.05, 0.1) is 12.1 Å². The fourth-order valence-corrected chi connectivity index (χ4v) is 5.82. The maximum Gasteiger partial charge on any atom is 0.234 e. The number of carbonyl (C=O) groups excluding carboxylic acids is 1. The monoisotopic (exact) mass is 568 g/mol. The standard InChI is InChI=1S/C30H34ClFN4O4/c1-16(2)24(27-25(31)26(17(3)4)34-39-27)29(38)36-15-20(37)14-23(36)28-33-30(5,40-35-28)19-12-10-18(11-13-19)21-8-6-7-9-22(21)32/h6-13,16-17,20,23-24,37H,14-15H2,1-5H3,(H,33,35)/t20-,23+,24-,30?/m1/s1. The molecule has 2 aliphatic heterocycles. The van der Waals surface area contributed by atoms with Gasteiger partial charge < -0.3 is 24.7 Å². The van der Waals surface area contributed by atoms with E-state index in [1.54, 1.807) is 23.1 Å². The van der Waals surface area contributed by atoms with Crippen molar-refractivity contribution in [3.63, 3.8) is 0 Å². The van der Waals surface area contributed by atoms with Crippen molar-refractivity contribution < 1.29 is 23.7 Å². The van der Waals surface area contributed by atoms with Gasteiger partial charge in [0, 0.05) is 36.9 Å². The van der Waals surface area contributed by atoms with Crippen molar-refractivity contribution in [3.05, 3.63) is 76.4 Å². The summed E-state index contributed by atoms with van der Waals surface area (Å²) in [6.45, 7) is 9.74. The third-order valence-corrected chi connectivity index (χ3v) is 8.02. The lowest BCUT2D eigenvalue weighted by atomic mass is 9.90. The van der Waals surface area contributed by atoms with Crippen molar-refractivity contribution in [2.45, 2.75) is 70.7 Å². The first-order valence-electron chi connectivity index (χ1n) is 13.5. The Kier molecular flexibility index (Phi) is 7.63. The van der Waals surface area contributed by atoms with Crippen LogP contribution in [0.5, 0.6) is 0 Å². The number of rotatable bonds is 7. The molecule has 0 aliphatic carbocycles. The molecule has 5 rings (SSSR count). The van der Waals surface area contributed by atoms with Gasteiger partial charge in [0.1, 0.15) is 22.5 Å². The van der Waals surface area contributed by atoms with Crippen molar-refractivity contribution >= 4 is 23.3 Å². The van der Waals surface area contributed by atoms with E-state index in [0.29, 0.717) is 34.3 Å². The topological polar surface area (TPSA) is 100 Å². The van der Waals surface area contributed by atoms with Crippen LogP contribution in [0.2, 0.25) is 5.02 Å². The summed E-state index contributed by atoms with van der Waals surface area (Å²) in [4.78, 5) is 21.5. The number of nitrogens with one attached hydrogen (secondary N) is 1. The number of aromatic nitrogens is 1. The summed E-state index contributed by atoms with van der Waals surface area (Å²) in [7, 11) is 0. The van der Waals surface area contributed by atoms with Gasteiger partial charge in [0.15, 0.2) is 11.6 Å². The third-order valence-electron chi connectivity index (χ3n) is 7.64. The zero-order chi connectivity index (χ0) is 28.8. The summed E-state index contributed by atoms with van der Waals surface area (Å²) in [5.74, 6) is -0.509. The fraction of sp³-hybridized carbons (Fsp3) is 0.433. The number of amidine groups is 1. The normalized spacial score (nSPS) is 23.4. The molecule has 4 atom stereocenters. The molecule has 0 spiro atoms.